The predicted octanol–water partition coefficient (Wildman–Crippen LogP) is 0.965. The molecule has 54 valence electrons. The summed E-state index contributed by atoms with van der Waals surface area (Å²) >= 11 is 0. The fourth-order valence-electron chi connectivity index (χ4n) is 0.676. The van der Waals surface area contributed by atoms with Gasteiger partial charge in [0, 0.05) is 6.42 Å². The minimum atomic E-state index is 0.297. The van der Waals surface area contributed by atoms with E-state index < -0.39 is 0 Å². The normalized spacial score (nSPS) is 9.56. The third-order valence-electron chi connectivity index (χ3n) is 1.21. The second kappa shape index (κ2) is 5.76. The maximum Gasteiger partial charge on any atom is 0.129 e. The van der Waals surface area contributed by atoms with Gasteiger partial charge in [-0.05, 0) is 33.4 Å². The summed E-state index contributed by atoms with van der Waals surface area (Å²) in [5.41, 5.74) is 0. The van der Waals surface area contributed by atoms with Crippen LogP contribution in [-0.4, -0.2) is 19.4 Å². The maximum atomic E-state index is 10.4. The molecule has 0 fully saturated rings. The Morgan fingerprint density at radius 1 is 1.44 bits per heavy atom. The molecule has 0 aliphatic carbocycles. The molecular weight excluding hydrogens is 114 g/mol. The molecule has 0 bridgehead atoms. The van der Waals surface area contributed by atoms with Gasteiger partial charge in [-0.1, -0.05) is 0 Å². The van der Waals surface area contributed by atoms with E-state index in [4.69, 9.17) is 0 Å². The van der Waals surface area contributed by atoms with Crippen molar-refractivity contribution in [1.29, 1.82) is 0 Å². The molecule has 0 saturated carbocycles. The van der Waals surface area contributed by atoms with Crippen molar-refractivity contribution in [2.24, 2.45) is 0 Å². The minimum Gasteiger partial charge on any atom is -0.320 e. The van der Waals surface area contributed by atoms with Gasteiger partial charge in [0.15, 0.2) is 0 Å². The molecule has 2 heteroatoms. The largest absolute Gasteiger partial charge is 0.320 e. The van der Waals surface area contributed by atoms with E-state index in [1.807, 2.05) is 7.05 Å². The number of hydrogen-bond acceptors (Lipinski definition) is 2. The molecule has 0 heterocycles. The number of nitrogens with one attached hydrogen (secondary N) is 1. The Labute approximate surface area is 56.6 Å². The topological polar surface area (TPSA) is 29.1 Å². The quantitative estimate of drug-likeness (QED) is 0.560. The van der Waals surface area contributed by atoms with E-state index in [-0.39, 0.29) is 0 Å². The highest BCUT2D eigenvalue weighted by Gasteiger charge is 1.90. The Balaban J connectivity index is 2.83. The molecule has 0 aromatic rings. The summed E-state index contributed by atoms with van der Waals surface area (Å²) in [6.45, 7) is 2.66. The summed E-state index contributed by atoms with van der Waals surface area (Å²) in [4.78, 5) is 10.4. The zero-order valence-corrected chi connectivity index (χ0v) is 6.24. The van der Waals surface area contributed by atoms with Crippen molar-refractivity contribution in [2.75, 3.05) is 13.6 Å². The highest BCUT2D eigenvalue weighted by Crippen LogP contribution is 1.93. The molecule has 0 radical (unpaired) electrons. The fraction of sp³-hybridized carbons (Fsp3) is 0.857. The van der Waals surface area contributed by atoms with Crippen molar-refractivity contribution in [3.63, 3.8) is 0 Å². The first kappa shape index (κ1) is 8.63. The molecule has 0 aromatic heterocycles. The van der Waals surface area contributed by atoms with Crippen LogP contribution in [0.2, 0.25) is 0 Å². The summed E-state index contributed by atoms with van der Waals surface area (Å²) < 4.78 is 0. The van der Waals surface area contributed by atoms with E-state index >= 15 is 0 Å². The van der Waals surface area contributed by atoms with Crippen molar-refractivity contribution in [1.82, 2.24) is 5.32 Å². The molecule has 0 spiro atoms. The van der Waals surface area contributed by atoms with Crippen LogP contribution in [0.1, 0.15) is 26.2 Å². The number of carbonyl (C=O) groups is 1. The van der Waals surface area contributed by atoms with Gasteiger partial charge in [0.05, 0.1) is 0 Å². The van der Waals surface area contributed by atoms with Gasteiger partial charge in [-0.2, -0.15) is 0 Å². The minimum absolute atomic E-state index is 0.297. The summed E-state index contributed by atoms with van der Waals surface area (Å²) in [7, 11) is 1.92. The van der Waals surface area contributed by atoms with E-state index in [1.165, 1.54) is 0 Å². The van der Waals surface area contributed by atoms with Crippen molar-refractivity contribution in [2.45, 2.75) is 26.2 Å². The molecule has 0 aliphatic rings. The molecule has 0 atom stereocenters. The molecule has 0 unspecified atom stereocenters. The summed E-state index contributed by atoms with van der Waals surface area (Å²) in [6, 6.07) is 0. The van der Waals surface area contributed by atoms with Crippen molar-refractivity contribution < 1.29 is 4.79 Å². The van der Waals surface area contributed by atoms with E-state index in [1.54, 1.807) is 6.92 Å². The van der Waals surface area contributed by atoms with Gasteiger partial charge in [0.1, 0.15) is 5.78 Å². The number of carbonyl (C=O) groups excluding carboxylic acids is 1. The lowest BCUT2D eigenvalue weighted by atomic mass is 10.2. The fourth-order valence-corrected chi connectivity index (χ4v) is 0.676. The van der Waals surface area contributed by atoms with E-state index in [2.05, 4.69) is 5.32 Å². The molecule has 0 aromatic carbocycles. The Morgan fingerprint density at radius 3 is 2.56 bits per heavy atom. The van der Waals surface area contributed by atoms with Crippen LogP contribution in [0, 0.1) is 0 Å². The summed E-state index contributed by atoms with van der Waals surface area (Å²) in [5.74, 6) is 0.297. The number of hydrogen-bond donors (Lipinski definition) is 1. The van der Waals surface area contributed by atoms with Gasteiger partial charge >= 0.3 is 0 Å². The van der Waals surface area contributed by atoms with Crippen LogP contribution in [0.5, 0.6) is 0 Å². The van der Waals surface area contributed by atoms with Gasteiger partial charge in [-0.3, -0.25) is 0 Å². The SMILES string of the molecule is CNCCCCC(C)=O. The first-order chi connectivity index (χ1) is 4.27. The number of rotatable bonds is 5. The molecule has 0 saturated heterocycles. The Bertz CT molecular complexity index is 81.0. The Hall–Kier alpha value is -0.370. The lowest BCUT2D eigenvalue weighted by Gasteiger charge is -1.95. The number of Topliss-reactive ketones (excluding diaryl/α,β-unsaturated/α-hetero) is 1. The van der Waals surface area contributed by atoms with Gasteiger partial charge in [0.2, 0.25) is 0 Å². The Morgan fingerprint density at radius 2 is 2.11 bits per heavy atom. The zero-order valence-electron chi connectivity index (χ0n) is 6.24. The van der Waals surface area contributed by atoms with Crippen LogP contribution < -0.4 is 5.32 Å². The monoisotopic (exact) mass is 129 g/mol. The van der Waals surface area contributed by atoms with E-state index in [9.17, 15) is 4.79 Å². The lowest BCUT2D eigenvalue weighted by molar-refractivity contribution is -0.117. The van der Waals surface area contributed by atoms with Gasteiger partial charge in [-0.15, -0.1) is 0 Å². The highest BCUT2D eigenvalue weighted by molar-refractivity contribution is 5.75. The third kappa shape index (κ3) is 7.63. The first-order valence-corrected chi connectivity index (χ1v) is 3.41. The van der Waals surface area contributed by atoms with Crippen molar-refractivity contribution in [3.8, 4) is 0 Å². The second-order valence-corrected chi connectivity index (χ2v) is 2.26. The molecular formula is C7H15NO. The van der Waals surface area contributed by atoms with Gasteiger partial charge < -0.3 is 10.1 Å². The summed E-state index contributed by atoms with van der Waals surface area (Å²) in [6.07, 6.45) is 2.87. The van der Waals surface area contributed by atoms with Crippen LogP contribution in [0.4, 0.5) is 0 Å². The average molecular weight is 129 g/mol. The second-order valence-electron chi connectivity index (χ2n) is 2.26. The van der Waals surface area contributed by atoms with Crippen molar-refractivity contribution in [3.05, 3.63) is 0 Å². The van der Waals surface area contributed by atoms with Crippen LogP contribution in [-0.2, 0) is 4.79 Å². The predicted molar refractivity (Wildman–Crippen MR) is 38.5 cm³/mol. The lowest BCUT2D eigenvalue weighted by Crippen LogP contribution is -2.07. The van der Waals surface area contributed by atoms with E-state index in [0.29, 0.717) is 5.78 Å². The van der Waals surface area contributed by atoms with Gasteiger partial charge in [0.25, 0.3) is 0 Å². The Kier molecular flexibility index (Phi) is 5.52. The smallest absolute Gasteiger partial charge is 0.129 e. The molecule has 0 amide bonds. The molecule has 1 N–H and O–H groups in total. The first-order valence-electron chi connectivity index (χ1n) is 3.41. The number of unbranched alkanes of at least 4 members (excludes halogenated alkanes) is 1. The molecule has 0 aliphatic heterocycles. The summed E-state index contributed by atoms with van der Waals surface area (Å²) in [5, 5.41) is 3.03. The molecule has 9 heavy (non-hydrogen) atoms. The molecule has 0 rings (SSSR count). The van der Waals surface area contributed by atoms with Crippen LogP contribution in [0.3, 0.4) is 0 Å². The standard InChI is InChI=1S/C7H15NO/c1-7(9)5-3-4-6-8-2/h8H,3-6H2,1-2H3. The highest BCUT2D eigenvalue weighted by atomic mass is 16.1. The average Bonchev–Trinajstić information content (AvgIpc) is 1.80. The van der Waals surface area contributed by atoms with Crippen LogP contribution >= 0.6 is 0 Å². The third-order valence-corrected chi connectivity index (χ3v) is 1.21. The van der Waals surface area contributed by atoms with Gasteiger partial charge in [-0.25, -0.2) is 0 Å². The molecule has 2 nitrogen and oxygen atoms in total. The van der Waals surface area contributed by atoms with E-state index in [0.717, 1.165) is 25.8 Å². The van der Waals surface area contributed by atoms with Crippen LogP contribution in [0.15, 0.2) is 0 Å². The maximum absolute atomic E-state index is 10.4. The number of ketones is 1. The van der Waals surface area contributed by atoms with Crippen molar-refractivity contribution >= 4 is 5.78 Å². The van der Waals surface area contributed by atoms with Crippen LogP contribution in [0.25, 0.3) is 0 Å². The zero-order chi connectivity index (χ0) is 7.11.